The van der Waals surface area contributed by atoms with E-state index in [1.807, 2.05) is 0 Å². The second-order valence-electron chi connectivity index (χ2n) is 3.78. The topological polar surface area (TPSA) is 42.4 Å². The zero-order chi connectivity index (χ0) is 13.1. The van der Waals surface area contributed by atoms with Crippen molar-refractivity contribution >= 4 is 23.2 Å². The van der Waals surface area contributed by atoms with Gasteiger partial charge in [0.25, 0.3) is 0 Å². The lowest BCUT2D eigenvalue weighted by atomic mass is 10.2. The lowest BCUT2D eigenvalue weighted by molar-refractivity contribution is 0.198. The molecule has 3 nitrogen and oxygen atoms in total. The predicted octanol–water partition coefficient (Wildman–Crippen LogP) is 4.23. The summed E-state index contributed by atoms with van der Waals surface area (Å²) in [6, 6.07) is 8.33. The van der Waals surface area contributed by atoms with Crippen LogP contribution < -0.4 is 4.74 Å². The highest BCUT2D eigenvalue weighted by molar-refractivity contribution is 6.35. The summed E-state index contributed by atoms with van der Waals surface area (Å²) >= 11 is 11.8. The third-order valence-electron chi connectivity index (χ3n) is 2.35. The molecular weight excluding hydrogens is 273 g/mol. The van der Waals surface area contributed by atoms with E-state index >= 15 is 0 Å². The summed E-state index contributed by atoms with van der Waals surface area (Å²) in [5.74, 6) is 0.842. The van der Waals surface area contributed by atoms with E-state index in [0.717, 1.165) is 5.56 Å². The fourth-order valence-corrected chi connectivity index (χ4v) is 1.86. The first kappa shape index (κ1) is 13.1. The standard InChI is InChI=1S/C13H11Cl2NO2/c1-8(17)9-4-5-16-13(6-9)18-12-3-2-10(14)7-11(12)15/h2-8,17H,1H3. The Bertz CT molecular complexity index is 558. The number of benzene rings is 1. The van der Waals surface area contributed by atoms with Crippen molar-refractivity contribution in [3.8, 4) is 11.6 Å². The molecule has 0 bridgehead atoms. The van der Waals surface area contributed by atoms with E-state index in [9.17, 15) is 5.11 Å². The zero-order valence-electron chi connectivity index (χ0n) is 9.60. The largest absolute Gasteiger partial charge is 0.437 e. The van der Waals surface area contributed by atoms with Crippen LogP contribution in [0.1, 0.15) is 18.6 Å². The number of ether oxygens (including phenoxy) is 1. The number of aliphatic hydroxyl groups excluding tert-OH is 1. The van der Waals surface area contributed by atoms with E-state index in [4.69, 9.17) is 27.9 Å². The van der Waals surface area contributed by atoms with Gasteiger partial charge in [0, 0.05) is 17.3 Å². The Morgan fingerprint density at radius 3 is 2.67 bits per heavy atom. The van der Waals surface area contributed by atoms with Crippen molar-refractivity contribution < 1.29 is 9.84 Å². The Morgan fingerprint density at radius 2 is 2.00 bits per heavy atom. The number of nitrogens with zero attached hydrogens (tertiary/aromatic N) is 1. The number of aliphatic hydroxyl groups is 1. The Labute approximate surface area is 115 Å². The second kappa shape index (κ2) is 5.57. The SMILES string of the molecule is CC(O)c1ccnc(Oc2ccc(Cl)cc2Cl)c1. The summed E-state index contributed by atoms with van der Waals surface area (Å²) in [7, 11) is 0. The van der Waals surface area contributed by atoms with Gasteiger partial charge in [0.2, 0.25) is 5.88 Å². The van der Waals surface area contributed by atoms with Crippen LogP contribution in [-0.2, 0) is 0 Å². The number of hydrogen-bond acceptors (Lipinski definition) is 3. The van der Waals surface area contributed by atoms with Crippen molar-refractivity contribution in [3.05, 3.63) is 52.1 Å². The minimum absolute atomic E-state index is 0.373. The van der Waals surface area contributed by atoms with Crippen LogP contribution in [0, 0.1) is 0 Å². The molecule has 0 aliphatic heterocycles. The van der Waals surface area contributed by atoms with Gasteiger partial charge in [0.15, 0.2) is 0 Å². The fraction of sp³-hybridized carbons (Fsp3) is 0.154. The van der Waals surface area contributed by atoms with Crippen LogP contribution in [0.3, 0.4) is 0 Å². The van der Waals surface area contributed by atoms with E-state index in [1.165, 1.54) is 0 Å². The van der Waals surface area contributed by atoms with Crippen molar-refractivity contribution in [2.45, 2.75) is 13.0 Å². The summed E-state index contributed by atoms with van der Waals surface area (Å²) in [4.78, 5) is 4.06. The summed E-state index contributed by atoms with van der Waals surface area (Å²) < 4.78 is 5.54. The van der Waals surface area contributed by atoms with E-state index in [2.05, 4.69) is 4.98 Å². The maximum Gasteiger partial charge on any atom is 0.219 e. The number of pyridine rings is 1. The van der Waals surface area contributed by atoms with Crippen LogP contribution >= 0.6 is 23.2 Å². The van der Waals surface area contributed by atoms with Crippen LogP contribution in [0.4, 0.5) is 0 Å². The van der Waals surface area contributed by atoms with Gasteiger partial charge in [0.05, 0.1) is 11.1 Å². The third kappa shape index (κ3) is 3.13. The fourth-order valence-electron chi connectivity index (χ4n) is 1.41. The van der Waals surface area contributed by atoms with Crippen LogP contribution in [0.5, 0.6) is 11.6 Å². The average Bonchev–Trinajstić information content (AvgIpc) is 2.33. The molecular formula is C13H11Cl2NO2. The molecule has 1 heterocycles. The Kier molecular flexibility index (Phi) is 4.07. The van der Waals surface area contributed by atoms with Crippen LogP contribution in [-0.4, -0.2) is 10.1 Å². The molecule has 94 valence electrons. The monoisotopic (exact) mass is 283 g/mol. The molecule has 1 atom stereocenters. The van der Waals surface area contributed by atoms with Gasteiger partial charge >= 0.3 is 0 Å². The maximum atomic E-state index is 9.48. The molecule has 0 saturated heterocycles. The summed E-state index contributed by atoms with van der Waals surface area (Å²) in [5.41, 5.74) is 0.727. The number of halogens is 2. The molecule has 0 aliphatic carbocycles. The van der Waals surface area contributed by atoms with Gasteiger partial charge in [-0.05, 0) is 36.8 Å². The number of aromatic nitrogens is 1. The molecule has 2 aromatic rings. The molecule has 0 spiro atoms. The summed E-state index contributed by atoms with van der Waals surface area (Å²) in [5, 5.41) is 10.4. The number of hydrogen-bond donors (Lipinski definition) is 1. The summed E-state index contributed by atoms with van der Waals surface area (Å²) in [6.45, 7) is 1.67. The molecule has 1 aromatic carbocycles. The first-order chi connectivity index (χ1) is 8.56. The first-order valence-electron chi connectivity index (χ1n) is 5.33. The van der Waals surface area contributed by atoms with Crippen molar-refractivity contribution in [2.75, 3.05) is 0 Å². The molecule has 0 fully saturated rings. The van der Waals surface area contributed by atoms with Gasteiger partial charge in [-0.25, -0.2) is 4.98 Å². The van der Waals surface area contributed by atoms with E-state index < -0.39 is 6.10 Å². The third-order valence-corrected chi connectivity index (χ3v) is 2.88. The smallest absolute Gasteiger partial charge is 0.219 e. The molecule has 0 aliphatic rings. The van der Waals surface area contributed by atoms with Gasteiger partial charge in [-0.15, -0.1) is 0 Å². The minimum Gasteiger partial charge on any atom is -0.437 e. The van der Waals surface area contributed by atoms with Gasteiger partial charge < -0.3 is 9.84 Å². The van der Waals surface area contributed by atoms with Gasteiger partial charge in [-0.1, -0.05) is 23.2 Å². The molecule has 1 aromatic heterocycles. The highest BCUT2D eigenvalue weighted by atomic mass is 35.5. The van der Waals surface area contributed by atoms with E-state index in [0.29, 0.717) is 21.7 Å². The lowest BCUT2D eigenvalue weighted by Crippen LogP contribution is -1.94. The van der Waals surface area contributed by atoms with Crippen LogP contribution in [0.25, 0.3) is 0 Å². The quantitative estimate of drug-likeness (QED) is 0.916. The maximum absolute atomic E-state index is 9.48. The second-order valence-corrected chi connectivity index (χ2v) is 4.62. The average molecular weight is 284 g/mol. The lowest BCUT2D eigenvalue weighted by Gasteiger charge is -2.09. The summed E-state index contributed by atoms with van der Waals surface area (Å²) in [6.07, 6.45) is 0.998. The van der Waals surface area contributed by atoms with Crippen LogP contribution in [0.15, 0.2) is 36.5 Å². The zero-order valence-corrected chi connectivity index (χ0v) is 11.1. The molecule has 0 saturated carbocycles. The van der Waals surface area contributed by atoms with E-state index in [1.54, 1.807) is 43.5 Å². The normalized spacial score (nSPS) is 12.2. The Hall–Kier alpha value is -1.29. The molecule has 0 amide bonds. The van der Waals surface area contributed by atoms with Gasteiger partial charge in [0.1, 0.15) is 5.75 Å². The highest BCUT2D eigenvalue weighted by Gasteiger charge is 2.07. The van der Waals surface area contributed by atoms with Crippen molar-refractivity contribution in [1.29, 1.82) is 0 Å². The highest BCUT2D eigenvalue weighted by Crippen LogP contribution is 2.31. The predicted molar refractivity (Wildman–Crippen MR) is 71.4 cm³/mol. The van der Waals surface area contributed by atoms with Gasteiger partial charge in [-0.2, -0.15) is 0 Å². The van der Waals surface area contributed by atoms with Gasteiger partial charge in [-0.3, -0.25) is 0 Å². The molecule has 0 radical (unpaired) electrons. The molecule has 1 N–H and O–H groups in total. The Balaban J connectivity index is 2.25. The molecule has 2 rings (SSSR count). The van der Waals surface area contributed by atoms with Crippen molar-refractivity contribution in [1.82, 2.24) is 4.98 Å². The first-order valence-corrected chi connectivity index (χ1v) is 6.09. The molecule has 5 heteroatoms. The van der Waals surface area contributed by atoms with Crippen LogP contribution in [0.2, 0.25) is 10.0 Å². The van der Waals surface area contributed by atoms with Crippen molar-refractivity contribution in [3.63, 3.8) is 0 Å². The molecule has 1 unspecified atom stereocenters. The number of rotatable bonds is 3. The molecule has 18 heavy (non-hydrogen) atoms. The van der Waals surface area contributed by atoms with E-state index in [-0.39, 0.29) is 0 Å². The van der Waals surface area contributed by atoms with Crippen molar-refractivity contribution in [2.24, 2.45) is 0 Å². The Morgan fingerprint density at radius 1 is 1.22 bits per heavy atom. The minimum atomic E-state index is -0.573.